The molecule has 0 spiro atoms. The van der Waals surface area contributed by atoms with Gasteiger partial charge in [0, 0.05) is 17.5 Å². The van der Waals surface area contributed by atoms with E-state index in [1.165, 1.54) is 4.68 Å². The number of ether oxygens (including phenoxy) is 2. The van der Waals surface area contributed by atoms with Gasteiger partial charge in [-0.2, -0.15) is 5.10 Å². The van der Waals surface area contributed by atoms with Gasteiger partial charge in [0.25, 0.3) is 17.4 Å². The highest BCUT2D eigenvalue weighted by Gasteiger charge is 2.19. The second kappa shape index (κ2) is 8.24. The lowest BCUT2D eigenvalue weighted by atomic mass is 10.1. The molecule has 0 fully saturated rings. The zero-order valence-corrected chi connectivity index (χ0v) is 16.3. The second-order valence-corrected chi connectivity index (χ2v) is 6.69. The molecule has 1 aromatic heterocycles. The van der Waals surface area contributed by atoms with Gasteiger partial charge in [-0.1, -0.05) is 25.1 Å². The molecule has 0 saturated carbocycles. The van der Waals surface area contributed by atoms with Crippen molar-refractivity contribution in [3.63, 3.8) is 0 Å². The van der Waals surface area contributed by atoms with Crippen LogP contribution in [0.1, 0.15) is 34.2 Å². The quantitative estimate of drug-likeness (QED) is 0.635. The molecule has 4 rings (SSSR count). The SMILES string of the molecule is CCCn1nc(C(=O)NNC(=O)c2ccc3c(c2)OCCO3)c2ccccc2c1=O. The van der Waals surface area contributed by atoms with Crippen molar-refractivity contribution in [2.24, 2.45) is 0 Å². The molecule has 9 nitrogen and oxygen atoms in total. The summed E-state index contributed by atoms with van der Waals surface area (Å²) in [5, 5.41) is 5.01. The molecule has 0 unspecified atom stereocenters. The number of nitrogens with zero attached hydrogens (tertiary/aromatic N) is 2. The Labute approximate surface area is 171 Å². The Balaban J connectivity index is 1.55. The van der Waals surface area contributed by atoms with Crippen LogP contribution in [-0.4, -0.2) is 34.8 Å². The van der Waals surface area contributed by atoms with Crippen LogP contribution in [0.3, 0.4) is 0 Å². The van der Waals surface area contributed by atoms with Gasteiger partial charge in [0.15, 0.2) is 17.2 Å². The largest absolute Gasteiger partial charge is 0.486 e. The number of hydrogen-bond acceptors (Lipinski definition) is 6. The lowest BCUT2D eigenvalue weighted by molar-refractivity contribution is 0.0843. The molecule has 1 aliphatic heterocycles. The van der Waals surface area contributed by atoms with Crippen LogP contribution in [0.25, 0.3) is 10.8 Å². The van der Waals surface area contributed by atoms with Crippen molar-refractivity contribution in [1.29, 1.82) is 0 Å². The van der Waals surface area contributed by atoms with Crippen molar-refractivity contribution < 1.29 is 19.1 Å². The minimum Gasteiger partial charge on any atom is -0.486 e. The van der Waals surface area contributed by atoms with Crippen molar-refractivity contribution in [1.82, 2.24) is 20.6 Å². The van der Waals surface area contributed by atoms with Gasteiger partial charge >= 0.3 is 0 Å². The van der Waals surface area contributed by atoms with Crippen molar-refractivity contribution in [2.75, 3.05) is 13.2 Å². The molecule has 0 saturated heterocycles. The Morgan fingerprint density at radius 2 is 1.70 bits per heavy atom. The molecule has 2 amide bonds. The lowest BCUT2D eigenvalue weighted by Crippen LogP contribution is -2.42. The van der Waals surface area contributed by atoms with Gasteiger partial charge in [-0.3, -0.25) is 25.2 Å². The first-order valence-corrected chi connectivity index (χ1v) is 9.58. The number of aryl methyl sites for hydroxylation is 1. The summed E-state index contributed by atoms with van der Waals surface area (Å²) >= 11 is 0. The number of nitrogens with one attached hydrogen (secondary N) is 2. The summed E-state index contributed by atoms with van der Waals surface area (Å²) in [4.78, 5) is 37.7. The summed E-state index contributed by atoms with van der Waals surface area (Å²) in [5.74, 6) is -0.108. The van der Waals surface area contributed by atoms with Crippen LogP contribution >= 0.6 is 0 Å². The zero-order chi connectivity index (χ0) is 21.1. The van der Waals surface area contributed by atoms with Crippen LogP contribution < -0.4 is 25.9 Å². The highest BCUT2D eigenvalue weighted by atomic mass is 16.6. The predicted octanol–water partition coefficient (Wildman–Crippen LogP) is 1.65. The van der Waals surface area contributed by atoms with Gasteiger partial charge in [0.2, 0.25) is 0 Å². The molecule has 2 heterocycles. The number of carbonyl (C=O) groups excluding carboxylic acids is 2. The Kier molecular flexibility index (Phi) is 5.34. The van der Waals surface area contributed by atoms with E-state index in [2.05, 4.69) is 16.0 Å². The van der Waals surface area contributed by atoms with Gasteiger partial charge in [0.1, 0.15) is 13.2 Å². The first-order valence-electron chi connectivity index (χ1n) is 9.58. The second-order valence-electron chi connectivity index (χ2n) is 6.69. The summed E-state index contributed by atoms with van der Waals surface area (Å²) in [6.07, 6.45) is 0.688. The fourth-order valence-corrected chi connectivity index (χ4v) is 3.20. The first kappa shape index (κ1) is 19.4. The molecular weight excluding hydrogens is 388 g/mol. The molecule has 1 aliphatic rings. The number of benzene rings is 2. The third kappa shape index (κ3) is 3.69. The maximum absolute atomic E-state index is 12.7. The van der Waals surface area contributed by atoms with Crippen molar-refractivity contribution in [3.8, 4) is 11.5 Å². The minimum atomic E-state index is -0.623. The third-order valence-electron chi connectivity index (χ3n) is 4.61. The number of amides is 2. The summed E-state index contributed by atoms with van der Waals surface area (Å²) in [6.45, 7) is 3.15. The van der Waals surface area contributed by atoms with Gasteiger partial charge < -0.3 is 9.47 Å². The Bertz CT molecular complexity index is 1190. The normalized spacial score (nSPS) is 12.4. The highest BCUT2D eigenvalue weighted by Crippen LogP contribution is 2.30. The molecule has 0 aliphatic carbocycles. The minimum absolute atomic E-state index is 0.0566. The molecule has 9 heteroatoms. The molecule has 0 radical (unpaired) electrons. The number of aromatic nitrogens is 2. The number of hydrogen-bond donors (Lipinski definition) is 2. The molecule has 3 aromatic rings. The van der Waals surface area contributed by atoms with E-state index in [1.807, 2.05) is 6.92 Å². The third-order valence-corrected chi connectivity index (χ3v) is 4.61. The lowest BCUT2D eigenvalue weighted by Gasteiger charge is -2.18. The summed E-state index contributed by atoms with van der Waals surface area (Å²) < 4.78 is 12.2. The Hall–Kier alpha value is -3.88. The van der Waals surface area contributed by atoms with Crippen LogP contribution in [0, 0.1) is 0 Å². The number of carbonyl (C=O) groups is 2. The molecular formula is C21H20N4O5. The van der Waals surface area contributed by atoms with E-state index >= 15 is 0 Å². The van der Waals surface area contributed by atoms with E-state index in [9.17, 15) is 14.4 Å². The predicted molar refractivity (Wildman–Crippen MR) is 109 cm³/mol. The standard InChI is InChI=1S/C21H20N4O5/c1-2-9-25-21(28)15-6-4-3-5-14(15)18(24-25)20(27)23-22-19(26)13-7-8-16-17(12-13)30-11-10-29-16/h3-8,12H,2,9-11H2,1H3,(H,22,26)(H,23,27). The maximum atomic E-state index is 12.7. The molecule has 0 atom stereocenters. The van der Waals surface area contributed by atoms with Crippen LogP contribution in [0.4, 0.5) is 0 Å². The molecule has 2 aromatic carbocycles. The van der Waals surface area contributed by atoms with Crippen molar-refractivity contribution in [2.45, 2.75) is 19.9 Å². The smallest absolute Gasteiger partial charge is 0.290 e. The fraction of sp³-hybridized carbons (Fsp3) is 0.238. The molecule has 0 bridgehead atoms. The van der Waals surface area contributed by atoms with Gasteiger partial charge in [-0.05, 0) is 30.7 Å². The molecule has 2 N–H and O–H groups in total. The van der Waals surface area contributed by atoms with Gasteiger partial charge in [0.05, 0.1) is 5.39 Å². The van der Waals surface area contributed by atoms with E-state index in [1.54, 1.807) is 42.5 Å². The number of rotatable bonds is 4. The Morgan fingerprint density at radius 1 is 1.00 bits per heavy atom. The van der Waals surface area contributed by atoms with E-state index in [0.717, 1.165) is 0 Å². The van der Waals surface area contributed by atoms with Crippen molar-refractivity contribution in [3.05, 3.63) is 64.1 Å². The average molecular weight is 408 g/mol. The van der Waals surface area contributed by atoms with Crippen LogP contribution in [0.15, 0.2) is 47.3 Å². The van der Waals surface area contributed by atoms with Crippen molar-refractivity contribution >= 4 is 22.6 Å². The molecule has 154 valence electrons. The maximum Gasteiger partial charge on any atom is 0.290 e. The van der Waals surface area contributed by atoms with Gasteiger partial charge in [-0.15, -0.1) is 0 Å². The Morgan fingerprint density at radius 3 is 2.47 bits per heavy atom. The number of hydrazine groups is 1. The molecule has 30 heavy (non-hydrogen) atoms. The van der Waals surface area contributed by atoms with Gasteiger partial charge in [-0.25, -0.2) is 4.68 Å². The number of fused-ring (bicyclic) bond motifs is 2. The monoisotopic (exact) mass is 408 g/mol. The average Bonchev–Trinajstić information content (AvgIpc) is 2.79. The van der Waals surface area contributed by atoms with Crippen LogP contribution in [0.2, 0.25) is 0 Å². The fourth-order valence-electron chi connectivity index (χ4n) is 3.20. The van der Waals surface area contributed by atoms with E-state index in [0.29, 0.717) is 54.0 Å². The zero-order valence-electron chi connectivity index (χ0n) is 16.3. The first-order chi connectivity index (χ1) is 14.6. The van der Waals surface area contributed by atoms with Crippen LogP contribution in [0.5, 0.6) is 11.5 Å². The van der Waals surface area contributed by atoms with Crippen LogP contribution in [-0.2, 0) is 6.54 Å². The van der Waals surface area contributed by atoms with E-state index < -0.39 is 11.8 Å². The highest BCUT2D eigenvalue weighted by molar-refractivity contribution is 6.06. The van der Waals surface area contributed by atoms with E-state index in [4.69, 9.17) is 9.47 Å². The summed E-state index contributed by atoms with van der Waals surface area (Å²) in [7, 11) is 0. The van der Waals surface area contributed by atoms with E-state index in [-0.39, 0.29) is 11.3 Å². The topological polar surface area (TPSA) is 112 Å². The summed E-state index contributed by atoms with van der Waals surface area (Å²) in [6, 6.07) is 11.5. The summed E-state index contributed by atoms with van der Waals surface area (Å²) in [5.41, 5.74) is 4.84.